The summed E-state index contributed by atoms with van der Waals surface area (Å²) < 4.78 is 5.14. The molecule has 3 aliphatic carbocycles. The van der Waals surface area contributed by atoms with Gasteiger partial charge in [-0.05, 0) is 62.1 Å². The normalized spacial score (nSPS) is 30.7. The first-order valence-electron chi connectivity index (χ1n) is 9.94. The molecule has 1 heterocycles. The molecule has 1 fully saturated rings. The summed E-state index contributed by atoms with van der Waals surface area (Å²) in [7, 11) is 1.53. The molecule has 0 radical (unpaired) electrons. The number of nitrogens with one attached hydrogen (secondary N) is 1. The topological polar surface area (TPSA) is 74.7 Å². The van der Waals surface area contributed by atoms with Crippen LogP contribution < -0.4 is 10.3 Å². The molecule has 0 aliphatic heterocycles. The van der Waals surface area contributed by atoms with Crippen LogP contribution in [0.3, 0.4) is 0 Å². The van der Waals surface area contributed by atoms with Gasteiger partial charge in [-0.15, -0.1) is 0 Å². The van der Waals surface area contributed by atoms with Crippen LogP contribution in [0.5, 0.6) is 11.5 Å². The highest BCUT2D eigenvalue weighted by molar-refractivity contribution is 5.82. The number of ether oxygens (including phenoxy) is 1. The van der Waals surface area contributed by atoms with Gasteiger partial charge in [0, 0.05) is 34.9 Å². The second kappa shape index (κ2) is 5.96. The molecule has 3 atom stereocenters. The summed E-state index contributed by atoms with van der Waals surface area (Å²) in [6.07, 6.45) is 8.18. The fraction of sp³-hybridized carbons (Fsp3) is 0.333. The average molecular weight is 388 g/mol. The molecule has 3 aliphatic rings. The smallest absolute Gasteiger partial charge is 0.248 e. The second-order valence-electron chi connectivity index (χ2n) is 8.36. The highest BCUT2D eigenvalue weighted by atomic mass is 16.5. The zero-order valence-corrected chi connectivity index (χ0v) is 16.8. The number of aromatic hydroxyl groups is 1. The van der Waals surface area contributed by atoms with Crippen molar-refractivity contribution in [1.29, 1.82) is 0 Å². The molecule has 2 aromatic rings. The van der Waals surface area contributed by atoms with Gasteiger partial charge in [0.1, 0.15) is 5.54 Å². The van der Waals surface area contributed by atoms with Crippen LogP contribution in [0, 0.1) is 11.3 Å². The number of hydrogen-bond acceptors (Lipinski definition) is 4. The Balaban J connectivity index is 1.67. The molecule has 0 amide bonds. The maximum absolute atomic E-state index is 12.0. The SMILES string of the molecule is C/C=C1\C2C=C(C)CC23Cc2[nH]c(=O)ccc2[C@]13N=Cc1ccc(OC)c(O)c1. The number of nitrogens with zero attached hydrogens (tertiary/aromatic N) is 1. The van der Waals surface area contributed by atoms with Crippen molar-refractivity contribution in [3.05, 3.63) is 80.8 Å². The zero-order valence-electron chi connectivity index (χ0n) is 16.8. The minimum absolute atomic E-state index is 0.0590. The maximum atomic E-state index is 12.0. The largest absolute Gasteiger partial charge is 0.504 e. The van der Waals surface area contributed by atoms with Crippen LogP contribution in [0.2, 0.25) is 0 Å². The molecule has 5 nitrogen and oxygen atoms in total. The van der Waals surface area contributed by atoms with Crippen LogP contribution in [0.1, 0.15) is 37.1 Å². The Kier molecular flexibility index (Phi) is 3.69. The van der Waals surface area contributed by atoms with Crippen molar-refractivity contribution in [2.45, 2.75) is 32.2 Å². The summed E-state index contributed by atoms with van der Waals surface area (Å²) in [5.41, 5.74) is 4.97. The van der Waals surface area contributed by atoms with Crippen molar-refractivity contribution in [1.82, 2.24) is 4.98 Å². The lowest BCUT2D eigenvalue weighted by Gasteiger charge is -2.58. The highest BCUT2D eigenvalue weighted by Crippen LogP contribution is 2.75. The Morgan fingerprint density at radius 2 is 2.10 bits per heavy atom. The van der Waals surface area contributed by atoms with E-state index in [0.29, 0.717) is 11.7 Å². The first kappa shape index (κ1) is 18.0. The van der Waals surface area contributed by atoms with Crippen LogP contribution in [-0.2, 0) is 12.0 Å². The standard InChI is InChI=1S/C24H24N2O3/c1-4-16-18-9-14(2)11-23(18)12-19-17(6-8-22(28)26-19)24(16,23)25-13-15-5-7-21(29-3)20(27)10-15/h4-10,13,18,27H,11-12H2,1-3H3,(H,26,28)/b16-4+,25-13?/t18?,23?,24-/m1/s1. The number of aliphatic imine (C=N–C) groups is 1. The lowest BCUT2D eigenvalue weighted by Crippen LogP contribution is -2.58. The number of aromatic nitrogens is 1. The minimum Gasteiger partial charge on any atom is -0.504 e. The number of hydrogen-bond donors (Lipinski definition) is 2. The quantitative estimate of drug-likeness (QED) is 0.619. The maximum Gasteiger partial charge on any atom is 0.248 e. The van der Waals surface area contributed by atoms with Crippen molar-refractivity contribution < 1.29 is 9.84 Å². The Labute approximate surface area is 169 Å². The van der Waals surface area contributed by atoms with E-state index in [-0.39, 0.29) is 16.7 Å². The van der Waals surface area contributed by atoms with Crippen LogP contribution in [0.4, 0.5) is 0 Å². The Hall–Kier alpha value is -3.08. The number of fused-ring (bicyclic) bond motifs is 2. The fourth-order valence-corrected chi connectivity index (χ4v) is 5.94. The molecular formula is C24H24N2O3. The third kappa shape index (κ3) is 2.16. The van der Waals surface area contributed by atoms with Crippen molar-refractivity contribution in [3.63, 3.8) is 0 Å². The van der Waals surface area contributed by atoms with Crippen LogP contribution in [-0.4, -0.2) is 23.4 Å². The summed E-state index contributed by atoms with van der Waals surface area (Å²) in [5.74, 6) is 0.884. The first-order chi connectivity index (χ1) is 13.9. The number of benzene rings is 1. The van der Waals surface area contributed by atoms with E-state index in [1.54, 1.807) is 18.2 Å². The van der Waals surface area contributed by atoms with E-state index in [2.05, 4.69) is 31.0 Å². The van der Waals surface area contributed by atoms with Crippen LogP contribution >= 0.6 is 0 Å². The lowest BCUT2D eigenvalue weighted by molar-refractivity contribution is 0.0519. The fourth-order valence-electron chi connectivity index (χ4n) is 5.94. The number of methoxy groups -OCH3 is 1. The summed E-state index contributed by atoms with van der Waals surface area (Å²) in [4.78, 5) is 20.2. The monoisotopic (exact) mass is 388 g/mol. The second-order valence-corrected chi connectivity index (χ2v) is 8.36. The molecule has 0 bridgehead atoms. The molecule has 1 aromatic carbocycles. The Morgan fingerprint density at radius 3 is 2.83 bits per heavy atom. The molecular weight excluding hydrogens is 364 g/mol. The number of pyridine rings is 1. The Morgan fingerprint density at radius 1 is 1.28 bits per heavy atom. The predicted octanol–water partition coefficient (Wildman–Crippen LogP) is 3.87. The number of H-pyrrole nitrogens is 1. The molecule has 5 heteroatoms. The minimum atomic E-state index is -0.476. The average Bonchev–Trinajstić information content (AvgIpc) is 3.09. The molecule has 1 saturated carbocycles. The summed E-state index contributed by atoms with van der Waals surface area (Å²) >= 11 is 0. The summed E-state index contributed by atoms with van der Waals surface area (Å²) in [6.45, 7) is 4.25. The number of phenols is 1. The van der Waals surface area contributed by atoms with Crippen molar-refractivity contribution in [3.8, 4) is 11.5 Å². The number of phenolic OH excluding ortho intramolecular Hbond substituents is 1. The van der Waals surface area contributed by atoms with E-state index >= 15 is 0 Å². The summed E-state index contributed by atoms with van der Waals surface area (Å²) in [6, 6.07) is 8.84. The van der Waals surface area contributed by atoms with E-state index in [9.17, 15) is 9.90 Å². The number of rotatable bonds is 3. The zero-order chi connectivity index (χ0) is 20.4. The molecule has 1 spiro atoms. The van der Waals surface area contributed by atoms with Crippen molar-refractivity contribution >= 4 is 6.21 Å². The Bertz CT molecular complexity index is 1170. The van der Waals surface area contributed by atoms with Gasteiger partial charge < -0.3 is 14.8 Å². The van der Waals surface area contributed by atoms with E-state index < -0.39 is 5.54 Å². The predicted molar refractivity (Wildman–Crippen MR) is 113 cm³/mol. The van der Waals surface area contributed by atoms with E-state index in [1.807, 2.05) is 18.3 Å². The molecule has 5 rings (SSSR count). The third-order valence-electron chi connectivity index (χ3n) is 6.92. The molecule has 1 aromatic heterocycles. The van der Waals surface area contributed by atoms with Crippen LogP contribution in [0.15, 0.2) is 63.4 Å². The molecule has 2 unspecified atom stereocenters. The summed E-state index contributed by atoms with van der Waals surface area (Å²) in [5, 5.41) is 10.1. The first-order valence-corrected chi connectivity index (χ1v) is 9.94. The van der Waals surface area contributed by atoms with Gasteiger partial charge in [-0.2, -0.15) is 0 Å². The highest BCUT2D eigenvalue weighted by Gasteiger charge is 2.73. The van der Waals surface area contributed by atoms with Gasteiger partial charge in [0.15, 0.2) is 11.5 Å². The molecule has 148 valence electrons. The van der Waals surface area contributed by atoms with E-state index in [1.165, 1.54) is 18.3 Å². The van der Waals surface area contributed by atoms with Crippen molar-refractivity contribution in [2.24, 2.45) is 16.3 Å². The van der Waals surface area contributed by atoms with Gasteiger partial charge in [-0.25, -0.2) is 0 Å². The van der Waals surface area contributed by atoms with Crippen molar-refractivity contribution in [2.75, 3.05) is 7.11 Å². The van der Waals surface area contributed by atoms with E-state index in [0.717, 1.165) is 29.7 Å². The molecule has 2 N–H and O–H groups in total. The van der Waals surface area contributed by atoms with Crippen LogP contribution in [0.25, 0.3) is 0 Å². The number of allylic oxidation sites excluding steroid dienone is 3. The van der Waals surface area contributed by atoms with E-state index in [4.69, 9.17) is 9.73 Å². The van der Waals surface area contributed by atoms with Gasteiger partial charge in [-0.3, -0.25) is 9.79 Å². The van der Waals surface area contributed by atoms with Gasteiger partial charge in [-0.1, -0.05) is 17.7 Å². The molecule has 29 heavy (non-hydrogen) atoms. The van der Waals surface area contributed by atoms with Gasteiger partial charge in [0.05, 0.1) is 7.11 Å². The third-order valence-corrected chi connectivity index (χ3v) is 6.92. The van der Waals surface area contributed by atoms with Gasteiger partial charge in [0.2, 0.25) is 5.56 Å². The lowest BCUT2D eigenvalue weighted by atomic mass is 9.46. The van der Waals surface area contributed by atoms with Gasteiger partial charge >= 0.3 is 0 Å². The van der Waals surface area contributed by atoms with Gasteiger partial charge in [0.25, 0.3) is 0 Å². The molecule has 0 saturated heterocycles. The number of aromatic amines is 1.